The first-order valence-corrected chi connectivity index (χ1v) is 10.4. The number of sulfonamides is 1. The van der Waals surface area contributed by atoms with Gasteiger partial charge in [0.1, 0.15) is 4.21 Å². The molecule has 0 spiro atoms. The first-order valence-electron chi connectivity index (χ1n) is 7.68. The summed E-state index contributed by atoms with van der Waals surface area (Å²) in [6.45, 7) is 0.723. The molecule has 0 fully saturated rings. The van der Waals surface area contributed by atoms with Crippen molar-refractivity contribution in [3.05, 3.63) is 64.3 Å². The number of nitrogens with zero attached hydrogens (tertiary/aromatic N) is 3. The van der Waals surface area contributed by atoms with E-state index in [4.69, 9.17) is 11.6 Å². The molecule has 4 rings (SSSR count). The Morgan fingerprint density at radius 1 is 1.16 bits per heavy atom. The van der Waals surface area contributed by atoms with E-state index < -0.39 is 10.0 Å². The van der Waals surface area contributed by atoms with Gasteiger partial charge in [-0.15, -0.1) is 11.3 Å². The zero-order valence-electron chi connectivity index (χ0n) is 13.1. The highest BCUT2D eigenvalue weighted by Crippen LogP contribution is 2.27. The second-order valence-electron chi connectivity index (χ2n) is 5.69. The largest absolute Gasteiger partial charge is 0.252 e. The van der Waals surface area contributed by atoms with Crippen LogP contribution in [0.2, 0.25) is 5.02 Å². The quantitative estimate of drug-likeness (QED) is 0.684. The first-order chi connectivity index (χ1) is 12.0. The van der Waals surface area contributed by atoms with Crippen molar-refractivity contribution in [1.82, 2.24) is 14.3 Å². The summed E-state index contributed by atoms with van der Waals surface area (Å²) in [6.07, 6.45) is 2.30. The van der Waals surface area contributed by atoms with E-state index >= 15 is 0 Å². The maximum absolute atomic E-state index is 12.7. The van der Waals surface area contributed by atoms with E-state index in [1.807, 2.05) is 12.1 Å². The standard InChI is InChI=1S/C17H14ClN3O2S2/c18-14-5-3-12(4-6-14)17-19-10-13-11-21(8-7-15(13)20-17)25(22,23)16-2-1-9-24-16/h1-6,9-10H,7-8,11H2. The normalized spacial score (nSPS) is 15.1. The number of fused-ring (bicyclic) bond motifs is 1. The van der Waals surface area contributed by atoms with E-state index in [0.717, 1.165) is 16.8 Å². The molecular weight excluding hydrogens is 378 g/mol. The van der Waals surface area contributed by atoms with Crippen LogP contribution in [0.4, 0.5) is 0 Å². The topological polar surface area (TPSA) is 63.2 Å². The van der Waals surface area contributed by atoms with Crippen LogP contribution in [0.15, 0.2) is 52.2 Å². The molecule has 0 saturated carbocycles. The van der Waals surface area contributed by atoms with Crippen molar-refractivity contribution < 1.29 is 8.42 Å². The van der Waals surface area contributed by atoms with Gasteiger partial charge in [-0.25, -0.2) is 18.4 Å². The van der Waals surface area contributed by atoms with E-state index in [9.17, 15) is 8.42 Å². The Morgan fingerprint density at radius 3 is 2.68 bits per heavy atom. The van der Waals surface area contributed by atoms with Gasteiger partial charge in [0.2, 0.25) is 0 Å². The Hall–Kier alpha value is -1.80. The number of benzene rings is 1. The van der Waals surface area contributed by atoms with E-state index in [0.29, 0.717) is 34.6 Å². The molecule has 8 heteroatoms. The number of thiophene rings is 1. The molecule has 2 aromatic heterocycles. The summed E-state index contributed by atoms with van der Waals surface area (Å²) in [5, 5.41) is 2.43. The molecule has 0 N–H and O–H groups in total. The van der Waals surface area contributed by atoms with Crippen molar-refractivity contribution in [2.75, 3.05) is 6.54 Å². The van der Waals surface area contributed by atoms with Gasteiger partial charge in [0, 0.05) is 41.9 Å². The molecule has 25 heavy (non-hydrogen) atoms. The van der Waals surface area contributed by atoms with Crippen molar-refractivity contribution in [3.63, 3.8) is 0 Å². The highest BCUT2D eigenvalue weighted by Gasteiger charge is 2.29. The van der Waals surface area contributed by atoms with Crippen LogP contribution in [0, 0.1) is 0 Å². The van der Waals surface area contributed by atoms with Gasteiger partial charge in [-0.2, -0.15) is 4.31 Å². The van der Waals surface area contributed by atoms with Crippen molar-refractivity contribution in [3.8, 4) is 11.4 Å². The van der Waals surface area contributed by atoms with Crippen LogP contribution in [0.25, 0.3) is 11.4 Å². The first kappa shape index (κ1) is 16.7. The molecule has 1 aliphatic rings. The van der Waals surface area contributed by atoms with Gasteiger partial charge < -0.3 is 0 Å². The number of rotatable bonds is 3. The van der Waals surface area contributed by atoms with Crippen molar-refractivity contribution in [1.29, 1.82) is 0 Å². The third-order valence-electron chi connectivity index (χ3n) is 4.09. The summed E-state index contributed by atoms with van der Waals surface area (Å²) in [7, 11) is -3.45. The molecule has 0 aliphatic carbocycles. The molecule has 1 aromatic carbocycles. The minimum Gasteiger partial charge on any atom is -0.236 e. The zero-order valence-corrected chi connectivity index (χ0v) is 15.5. The summed E-state index contributed by atoms with van der Waals surface area (Å²) < 4.78 is 27.2. The van der Waals surface area contributed by atoms with Crippen LogP contribution < -0.4 is 0 Å². The minimum absolute atomic E-state index is 0.302. The minimum atomic E-state index is -3.45. The lowest BCUT2D eigenvalue weighted by Gasteiger charge is -2.26. The number of aromatic nitrogens is 2. The summed E-state index contributed by atoms with van der Waals surface area (Å²) in [4.78, 5) is 9.02. The molecule has 0 unspecified atom stereocenters. The predicted molar refractivity (Wildman–Crippen MR) is 98.1 cm³/mol. The molecule has 3 aromatic rings. The number of hydrogen-bond acceptors (Lipinski definition) is 5. The maximum atomic E-state index is 12.7. The lowest BCUT2D eigenvalue weighted by atomic mass is 10.1. The molecule has 0 atom stereocenters. The lowest BCUT2D eigenvalue weighted by molar-refractivity contribution is 0.388. The third kappa shape index (κ3) is 3.20. The summed E-state index contributed by atoms with van der Waals surface area (Å²) >= 11 is 7.15. The molecule has 1 aliphatic heterocycles. The van der Waals surface area contributed by atoms with Gasteiger partial charge >= 0.3 is 0 Å². The second-order valence-corrected chi connectivity index (χ2v) is 9.24. The van der Waals surface area contributed by atoms with E-state index in [2.05, 4.69) is 9.97 Å². The predicted octanol–water partition coefficient (Wildman–Crippen LogP) is 3.61. The number of halogens is 1. The highest BCUT2D eigenvalue weighted by atomic mass is 35.5. The van der Waals surface area contributed by atoms with Gasteiger partial charge in [-0.1, -0.05) is 17.7 Å². The Balaban J connectivity index is 1.62. The van der Waals surface area contributed by atoms with Gasteiger partial charge in [0.25, 0.3) is 10.0 Å². The fraction of sp³-hybridized carbons (Fsp3) is 0.176. The molecule has 0 bridgehead atoms. The Bertz CT molecular complexity index is 1000. The van der Waals surface area contributed by atoms with Crippen molar-refractivity contribution in [2.24, 2.45) is 0 Å². The van der Waals surface area contributed by atoms with Crippen molar-refractivity contribution in [2.45, 2.75) is 17.2 Å². The van der Waals surface area contributed by atoms with Crippen LogP contribution in [0.3, 0.4) is 0 Å². The van der Waals surface area contributed by atoms with Crippen LogP contribution in [-0.4, -0.2) is 29.2 Å². The average Bonchev–Trinajstić information content (AvgIpc) is 3.17. The SMILES string of the molecule is O=S(=O)(c1cccs1)N1CCc2nc(-c3ccc(Cl)cc3)ncc2C1. The van der Waals surface area contributed by atoms with Gasteiger partial charge in [0.15, 0.2) is 5.82 Å². The zero-order chi connectivity index (χ0) is 17.4. The van der Waals surface area contributed by atoms with Gasteiger partial charge in [-0.3, -0.25) is 0 Å². The monoisotopic (exact) mass is 391 g/mol. The molecule has 0 radical (unpaired) electrons. The Morgan fingerprint density at radius 2 is 1.96 bits per heavy atom. The number of hydrogen-bond donors (Lipinski definition) is 0. The van der Waals surface area contributed by atoms with Crippen LogP contribution >= 0.6 is 22.9 Å². The maximum Gasteiger partial charge on any atom is 0.252 e. The summed E-state index contributed by atoms with van der Waals surface area (Å²) in [5.41, 5.74) is 2.64. The van der Waals surface area contributed by atoms with Gasteiger partial charge in [0.05, 0.1) is 5.69 Å². The van der Waals surface area contributed by atoms with E-state index in [1.54, 1.807) is 35.8 Å². The van der Waals surface area contributed by atoms with Crippen molar-refractivity contribution >= 4 is 33.0 Å². The summed E-state index contributed by atoms with van der Waals surface area (Å²) in [5.74, 6) is 0.630. The van der Waals surface area contributed by atoms with Crippen LogP contribution in [-0.2, 0) is 23.0 Å². The highest BCUT2D eigenvalue weighted by molar-refractivity contribution is 7.91. The van der Waals surface area contributed by atoms with E-state index in [-0.39, 0.29) is 0 Å². The molecule has 128 valence electrons. The smallest absolute Gasteiger partial charge is 0.236 e. The third-order valence-corrected chi connectivity index (χ3v) is 7.56. The second kappa shape index (κ2) is 6.49. The molecule has 0 amide bonds. The molecule has 3 heterocycles. The van der Waals surface area contributed by atoms with Crippen LogP contribution in [0.5, 0.6) is 0 Å². The average molecular weight is 392 g/mol. The Labute approximate surface area is 155 Å². The molecule has 5 nitrogen and oxygen atoms in total. The molecular formula is C17H14ClN3O2S2. The lowest BCUT2D eigenvalue weighted by Crippen LogP contribution is -2.36. The Kier molecular flexibility index (Phi) is 4.33. The molecule has 0 saturated heterocycles. The summed E-state index contributed by atoms with van der Waals surface area (Å²) in [6, 6.07) is 10.7. The fourth-order valence-electron chi connectivity index (χ4n) is 2.77. The van der Waals surface area contributed by atoms with Gasteiger partial charge in [-0.05, 0) is 35.7 Å². The fourth-order valence-corrected chi connectivity index (χ4v) is 5.46. The van der Waals surface area contributed by atoms with Crippen LogP contribution in [0.1, 0.15) is 11.3 Å². The van der Waals surface area contributed by atoms with E-state index in [1.165, 1.54) is 15.6 Å².